The molecule has 1 aromatic heterocycles. The molecule has 3 heterocycles. The van der Waals surface area contributed by atoms with Crippen LogP contribution < -0.4 is 10.5 Å². The van der Waals surface area contributed by atoms with Crippen LogP contribution in [0.5, 0.6) is 0 Å². The number of benzene rings is 1. The lowest BCUT2D eigenvalue weighted by molar-refractivity contribution is -0.131. The van der Waals surface area contributed by atoms with E-state index in [1.807, 2.05) is 36.1 Å². The van der Waals surface area contributed by atoms with Gasteiger partial charge in [0.1, 0.15) is 0 Å². The maximum absolute atomic E-state index is 12.7. The van der Waals surface area contributed by atoms with Gasteiger partial charge >= 0.3 is 0 Å². The van der Waals surface area contributed by atoms with Gasteiger partial charge in [-0.2, -0.15) is 0 Å². The normalized spacial score (nSPS) is 16.7. The second-order valence-corrected chi connectivity index (χ2v) is 7.24. The Hall–Kier alpha value is -2.63. The van der Waals surface area contributed by atoms with Crippen LogP contribution in [0.1, 0.15) is 35.2 Å². The van der Waals surface area contributed by atoms with E-state index >= 15 is 0 Å². The fourth-order valence-electron chi connectivity index (χ4n) is 3.71. The van der Waals surface area contributed by atoms with Crippen LogP contribution in [-0.2, 0) is 24.2 Å². The van der Waals surface area contributed by atoms with E-state index in [1.165, 1.54) is 5.56 Å². The van der Waals surface area contributed by atoms with E-state index in [1.54, 1.807) is 0 Å². The first-order chi connectivity index (χ1) is 12.6. The van der Waals surface area contributed by atoms with Crippen LogP contribution in [0.4, 0.5) is 5.95 Å². The molecule has 0 radical (unpaired) electrons. The summed E-state index contributed by atoms with van der Waals surface area (Å²) in [5.41, 5.74) is 3.63. The van der Waals surface area contributed by atoms with Crippen LogP contribution in [0.25, 0.3) is 0 Å². The summed E-state index contributed by atoms with van der Waals surface area (Å²) in [5.74, 6) is 0.739. The lowest BCUT2D eigenvalue weighted by atomic mass is 10.0. The van der Waals surface area contributed by atoms with Gasteiger partial charge in [0.25, 0.3) is 5.56 Å². The van der Waals surface area contributed by atoms with Crippen LogP contribution in [-0.4, -0.2) is 40.4 Å². The molecule has 136 valence electrons. The molecule has 2 aliphatic heterocycles. The topological polar surface area (TPSA) is 69.3 Å². The molecule has 0 aliphatic carbocycles. The highest BCUT2D eigenvalue weighted by Crippen LogP contribution is 2.20. The van der Waals surface area contributed by atoms with E-state index in [2.05, 4.69) is 14.9 Å². The molecule has 2 aromatic rings. The maximum Gasteiger partial charge on any atom is 0.255 e. The fraction of sp³-hybridized carbons (Fsp3) is 0.450. The zero-order valence-electron chi connectivity index (χ0n) is 15.1. The lowest BCUT2D eigenvalue weighted by Crippen LogP contribution is -2.40. The van der Waals surface area contributed by atoms with Gasteiger partial charge in [0.2, 0.25) is 11.9 Å². The molecule has 4 rings (SSSR count). The molecule has 0 unspecified atom stereocenters. The number of aromatic amines is 1. The van der Waals surface area contributed by atoms with Gasteiger partial charge in [0.15, 0.2) is 0 Å². The zero-order chi connectivity index (χ0) is 18.1. The third-order valence-corrected chi connectivity index (χ3v) is 5.30. The predicted octanol–water partition coefficient (Wildman–Crippen LogP) is 1.81. The average molecular weight is 352 g/mol. The third kappa shape index (κ3) is 3.36. The highest BCUT2D eigenvalue weighted by molar-refractivity contribution is 5.79. The Balaban J connectivity index is 1.51. The Kier molecular flexibility index (Phi) is 4.49. The van der Waals surface area contributed by atoms with Crippen molar-refractivity contribution in [3.8, 4) is 0 Å². The number of carbonyl (C=O) groups is 1. The van der Waals surface area contributed by atoms with Crippen LogP contribution in [0.15, 0.2) is 29.1 Å². The molecule has 1 fully saturated rings. The number of rotatable bonds is 3. The van der Waals surface area contributed by atoms with E-state index in [-0.39, 0.29) is 11.5 Å². The minimum Gasteiger partial charge on any atom is -0.342 e. The number of hydrogen-bond acceptors (Lipinski definition) is 4. The number of H-pyrrole nitrogens is 1. The van der Waals surface area contributed by atoms with E-state index in [0.717, 1.165) is 42.8 Å². The van der Waals surface area contributed by atoms with Crippen molar-refractivity contribution in [1.82, 2.24) is 14.9 Å². The van der Waals surface area contributed by atoms with Crippen LogP contribution >= 0.6 is 0 Å². The van der Waals surface area contributed by atoms with Crippen LogP contribution in [0.2, 0.25) is 0 Å². The van der Waals surface area contributed by atoms with Gasteiger partial charge in [-0.1, -0.05) is 29.8 Å². The molecule has 6 nitrogen and oxygen atoms in total. The summed E-state index contributed by atoms with van der Waals surface area (Å²) >= 11 is 0. The Morgan fingerprint density at radius 1 is 1.15 bits per heavy atom. The summed E-state index contributed by atoms with van der Waals surface area (Å²) in [7, 11) is 0. The van der Waals surface area contributed by atoms with Gasteiger partial charge in [-0.3, -0.25) is 14.6 Å². The number of carbonyl (C=O) groups excluding carboxylic acids is 1. The molecule has 0 bridgehead atoms. The van der Waals surface area contributed by atoms with Gasteiger partial charge in [0, 0.05) is 25.2 Å². The standard InChI is InChI=1S/C20H24N4O2/c1-14-4-6-15(7-5-14)12-18(25)24-11-8-16-17(13-24)21-20(22-19(16)26)23-9-2-3-10-23/h4-7H,2-3,8-13H2,1H3,(H,21,22,26). The molecule has 1 saturated heterocycles. The van der Waals surface area contributed by atoms with Crippen LogP contribution in [0, 0.1) is 6.92 Å². The minimum absolute atomic E-state index is 0.0532. The molecular formula is C20H24N4O2. The Morgan fingerprint density at radius 3 is 2.62 bits per heavy atom. The predicted molar refractivity (Wildman–Crippen MR) is 100 cm³/mol. The fourth-order valence-corrected chi connectivity index (χ4v) is 3.71. The van der Waals surface area contributed by atoms with Gasteiger partial charge in [-0.15, -0.1) is 0 Å². The first-order valence-corrected chi connectivity index (χ1v) is 9.30. The van der Waals surface area contributed by atoms with E-state index in [9.17, 15) is 9.59 Å². The number of aromatic nitrogens is 2. The summed E-state index contributed by atoms with van der Waals surface area (Å²) in [6.45, 7) is 4.89. The highest BCUT2D eigenvalue weighted by atomic mass is 16.2. The smallest absolute Gasteiger partial charge is 0.255 e. The molecule has 6 heteroatoms. The second-order valence-electron chi connectivity index (χ2n) is 7.24. The van der Waals surface area contributed by atoms with Crippen molar-refractivity contribution >= 4 is 11.9 Å². The van der Waals surface area contributed by atoms with Gasteiger partial charge in [-0.05, 0) is 31.7 Å². The second kappa shape index (κ2) is 6.94. The lowest BCUT2D eigenvalue weighted by Gasteiger charge is -2.28. The highest BCUT2D eigenvalue weighted by Gasteiger charge is 2.26. The van der Waals surface area contributed by atoms with Gasteiger partial charge in [-0.25, -0.2) is 4.98 Å². The Bertz CT molecular complexity index is 866. The summed E-state index contributed by atoms with van der Waals surface area (Å²) in [5, 5.41) is 0. The monoisotopic (exact) mass is 352 g/mol. The van der Waals surface area contributed by atoms with E-state index < -0.39 is 0 Å². The van der Waals surface area contributed by atoms with Crippen molar-refractivity contribution in [1.29, 1.82) is 0 Å². The SMILES string of the molecule is Cc1ccc(CC(=O)N2CCc3c(nc(N4CCCC4)[nH]c3=O)C2)cc1. The molecule has 1 amide bonds. The maximum atomic E-state index is 12.7. The summed E-state index contributed by atoms with van der Waals surface area (Å²) in [6.07, 6.45) is 3.21. The molecule has 0 spiro atoms. The van der Waals surface area contributed by atoms with Crippen molar-refractivity contribution in [2.75, 3.05) is 24.5 Å². The van der Waals surface area contributed by atoms with Crippen molar-refractivity contribution in [3.05, 3.63) is 57.0 Å². The minimum atomic E-state index is -0.0532. The van der Waals surface area contributed by atoms with Crippen LogP contribution in [0.3, 0.4) is 0 Å². The van der Waals surface area contributed by atoms with Gasteiger partial charge < -0.3 is 9.80 Å². The number of aryl methyl sites for hydroxylation is 1. The van der Waals surface area contributed by atoms with E-state index in [0.29, 0.717) is 31.9 Å². The van der Waals surface area contributed by atoms with Crippen molar-refractivity contribution in [2.24, 2.45) is 0 Å². The first-order valence-electron chi connectivity index (χ1n) is 9.30. The number of nitrogens with one attached hydrogen (secondary N) is 1. The van der Waals surface area contributed by atoms with Gasteiger partial charge in [0.05, 0.1) is 18.7 Å². The van der Waals surface area contributed by atoms with Crippen molar-refractivity contribution in [2.45, 2.75) is 39.2 Å². The Labute approximate surface area is 152 Å². The number of anilines is 1. The Morgan fingerprint density at radius 2 is 1.88 bits per heavy atom. The quantitative estimate of drug-likeness (QED) is 0.915. The molecule has 26 heavy (non-hydrogen) atoms. The number of hydrogen-bond donors (Lipinski definition) is 1. The third-order valence-electron chi connectivity index (χ3n) is 5.30. The summed E-state index contributed by atoms with van der Waals surface area (Å²) in [4.78, 5) is 36.7. The molecule has 1 N–H and O–H groups in total. The van der Waals surface area contributed by atoms with E-state index in [4.69, 9.17) is 0 Å². The molecule has 0 atom stereocenters. The number of nitrogens with zero attached hydrogens (tertiary/aromatic N) is 3. The largest absolute Gasteiger partial charge is 0.342 e. The molecule has 2 aliphatic rings. The molecule has 0 saturated carbocycles. The van der Waals surface area contributed by atoms with Crippen molar-refractivity contribution < 1.29 is 4.79 Å². The molecular weight excluding hydrogens is 328 g/mol. The molecule has 1 aromatic carbocycles. The first kappa shape index (κ1) is 16.8. The summed E-state index contributed by atoms with van der Waals surface area (Å²) < 4.78 is 0. The zero-order valence-corrected chi connectivity index (χ0v) is 15.1. The average Bonchev–Trinajstić information content (AvgIpc) is 3.18. The van der Waals surface area contributed by atoms with Crippen molar-refractivity contribution in [3.63, 3.8) is 0 Å². The number of fused-ring (bicyclic) bond motifs is 1. The number of amides is 1. The summed E-state index contributed by atoms with van der Waals surface area (Å²) in [6, 6.07) is 8.05.